The molecule has 0 saturated heterocycles. The van der Waals surface area contributed by atoms with E-state index in [0.717, 1.165) is 18.5 Å². The molecule has 0 amide bonds. The molecule has 0 aromatic heterocycles. The second-order valence-corrected chi connectivity index (χ2v) is 4.71. The van der Waals surface area contributed by atoms with Crippen LogP contribution in [0.4, 0.5) is 5.69 Å². The van der Waals surface area contributed by atoms with Crippen molar-refractivity contribution in [2.24, 2.45) is 0 Å². The van der Waals surface area contributed by atoms with E-state index >= 15 is 0 Å². The van der Waals surface area contributed by atoms with Gasteiger partial charge in [0.25, 0.3) is 0 Å². The molecule has 18 heavy (non-hydrogen) atoms. The summed E-state index contributed by atoms with van der Waals surface area (Å²) < 4.78 is 0. The van der Waals surface area contributed by atoms with Crippen molar-refractivity contribution < 1.29 is 9.90 Å². The standard InChI is InChI=1S/C13H13ClN2O2/c14-11-8-9(13(17)18)2-5-12(11)16(7-1-6-15)10-3-4-10/h2,5,8,10H,1,3-4,7H2,(H,17,18). The van der Waals surface area contributed by atoms with E-state index in [1.807, 2.05) is 0 Å². The summed E-state index contributed by atoms with van der Waals surface area (Å²) in [6.45, 7) is 0.632. The lowest BCUT2D eigenvalue weighted by molar-refractivity contribution is 0.0697. The van der Waals surface area contributed by atoms with Gasteiger partial charge in [-0.2, -0.15) is 5.26 Å². The maximum atomic E-state index is 10.8. The van der Waals surface area contributed by atoms with Crippen molar-refractivity contribution in [3.63, 3.8) is 0 Å². The Morgan fingerprint density at radius 1 is 1.56 bits per heavy atom. The molecular weight excluding hydrogens is 252 g/mol. The van der Waals surface area contributed by atoms with E-state index in [4.69, 9.17) is 22.0 Å². The number of hydrogen-bond acceptors (Lipinski definition) is 3. The van der Waals surface area contributed by atoms with Gasteiger partial charge in [0.2, 0.25) is 0 Å². The van der Waals surface area contributed by atoms with E-state index < -0.39 is 5.97 Å². The van der Waals surface area contributed by atoms with E-state index in [2.05, 4.69) is 11.0 Å². The highest BCUT2D eigenvalue weighted by atomic mass is 35.5. The Balaban J connectivity index is 2.25. The smallest absolute Gasteiger partial charge is 0.335 e. The van der Waals surface area contributed by atoms with Crippen LogP contribution in [0.3, 0.4) is 0 Å². The van der Waals surface area contributed by atoms with Gasteiger partial charge in [0.1, 0.15) is 0 Å². The fourth-order valence-electron chi connectivity index (χ4n) is 1.93. The number of halogens is 1. The average Bonchev–Trinajstić information content (AvgIpc) is 3.15. The van der Waals surface area contributed by atoms with Crippen LogP contribution in [0, 0.1) is 11.3 Å². The van der Waals surface area contributed by atoms with Crippen molar-refractivity contribution >= 4 is 23.3 Å². The minimum atomic E-state index is -0.988. The zero-order valence-corrected chi connectivity index (χ0v) is 10.5. The van der Waals surface area contributed by atoms with E-state index in [1.54, 1.807) is 12.1 Å². The summed E-state index contributed by atoms with van der Waals surface area (Å²) in [5.74, 6) is -0.988. The lowest BCUT2D eigenvalue weighted by atomic mass is 10.2. The largest absolute Gasteiger partial charge is 0.478 e. The van der Waals surface area contributed by atoms with Gasteiger partial charge >= 0.3 is 5.97 Å². The minimum absolute atomic E-state index is 0.180. The summed E-state index contributed by atoms with van der Waals surface area (Å²) in [6, 6.07) is 7.29. The summed E-state index contributed by atoms with van der Waals surface area (Å²) in [7, 11) is 0. The van der Waals surface area contributed by atoms with E-state index in [1.165, 1.54) is 6.07 Å². The number of nitrogens with zero attached hydrogens (tertiary/aromatic N) is 2. The minimum Gasteiger partial charge on any atom is -0.478 e. The first kappa shape index (κ1) is 12.7. The molecule has 0 atom stereocenters. The van der Waals surface area contributed by atoms with Crippen molar-refractivity contribution in [1.29, 1.82) is 5.26 Å². The molecular formula is C13H13ClN2O2. The van der Waals surface area contributed by atoms with Crippen LogP contribution in [0.5, 0.6) is 0 Å². The summed E-state index contributed by atoms with van der Waals surface area (Å²) in [6.07, 6.45) is 2.64. The molecule has 5 heteroatoms. The molecule has 2 rings (SSSR count). The SMILES string of the molecule is N#CCCN(c1ccc(C(=O)O)cc1Cl)C1CC1. The van der Waals surface area contributed by atoms with Crippen LogP contribution in [-0.4, -0.2) is 23.7 Å². The summed E-state index contributed by atoms with van der Waals surface area (Å²) >= 11 is 6.13. The number of aromatic carboxylic acids is 1. The maximum absolute atomic E-state index is 10.8. The Hall–Kier alpha value is -1.73. The van der Waals surface area contributed by atoms with Gasteiger partial charge in [0, 0.05) is 12.6 Å². The molecule has 1 N–H and O–H groups in total. The molecule has 1 aliphatic rings. The Kier molecular flexibility index (Phi) is 3.73. The molecule has 0 heterocycles. The highest BCUT2D eigenvalue weighted by Crippen LogP contribution is 2.36. The highest BCUT2D eigenvalue weighted by Gasteiger charge is 2.30. The van der Waals surface area contributed by atoms with Crippen molar-refractivity contribution in [2.45, 2.75) is 25.3 Å². The number of rotatable bonds is 5. The van der Waals surface area contributed by atoms with Crippen LogP contribution in [0.1, 0.15) is 29.6 Å². The number of carboxylic acids is 1. The van der Waals surface area contributed by atoms with Crippen molar-refractivity contribution in [3.05, 3.63) is 28.8 Å². The Morgan fingerprint density at radius 2 is 2.28 bits per heavy atom. The summed E-state index contributed by atoms with van der Waals surface area (Å²) in [4.78, 5) is 12.9. The van der Waals surface area contributed by atoms with Crippen LogP contribution >= 0.6 is 11.6 Å². The molecule has 0 bridgehead atoms. The molecule has 0 radical (unpaired) electrons. The predicted molar refractivity (Wildman–Crippen MR) is 69.0 cm³/mol. The third kappa shape index (κ3) is 2.74. The van der Waals surface area contributed by atoms with Gasteiger partial charge in [-0.05, 0) is 31.0 Å². The molecule has 0 aliphatic heterocycles. The Bertz CT molecular complexity index is 506. The predicted octanol–water partition coefficient (Wildman–Crippen LogP) is 2.92. The van der Waals surface area contributed by atoms with Crippen LogP contribution in [-0.2, 0) is 0 Å². The average molecular weight is 265 g/mol. The number of anilines is 1. The summed E-state index contributed by atoms with van der Waals surface area (Å²) in [5.41, 5.74) is 0.999. The van der Waals surface area contributed by atoms with Crippen molar-refractivity contribution in [3.8, 4) is 6.07 Å². The fraction of sp³-hybridized carbons (Fsp3) is 0.385. The van der Waals surface area contributed by atoms with Gasteiger partial charge in [0.15, 0.2) is 0 Å². The second kappa shape index (κ2) is 5.28. The zero-order valence-electron chi connectivity index (χ0n) is 9.77. The first-order valence-corrected chi connectivity index (χ1v) is 6.17. The zero-order chi connectivity index (χ0) is 13.1. The molecule has 1 aromatic carbocycles. The monoisotopic (exact) mass is 264 g/mol. The molecule has 1 aromatic rings. The van der Waals surface area contributed by atoms with Crippen LogP contribution < -0.4 is 4.90 Å². The van der Waals surface area contributed by atoms with Crippen LogP contribution in [0.25, 0.3) is 0 Å². The molecule has 94 valence electrons. The maximum Gasteiger partial charge on any atom is 0.335 e. The van der Waals surface area contributed by atoms with E-state index in [9.17, 15) is 4.79 Å². The molecule has 1 saturated carbocycles. The first-order chi connectivity index (χ1) is 8.63. The van der Waals surface area contributed by atoms with Gasteiger partial charge in [-0.15, -0.1) is 0 Å². The number of nitriles is 1. The van der Waals surface area contributed by atoms with Crippen LogP contribution in [0.15, 0.2) is 18.2 Å². The van der Waals surface area contributed by atoms with Crippen LogP contribution in [0.2, 0.25) is 5.02 Å². The number of carbonyl (C=O) groups is 1. The van der Waals surface area contributed by atoms with Crippen molar-refractivity contribution in [2.75, 3.05) is 11.4 Å². The molecule has 1 fully saturated rings. The lowest BCUT2D eigenvalue weighted by Crippen LogP contribution is -2.27. The van der Waals surface area contributed by atoms with Crippen molar-refractivity contribution in [1.82, 2.24) is 0 Å². The van der Waals surface area contributed by atoms with Gasteiger partial charge < -0.3 is 10.0 Å². The number of carboxylic acid groups (broad SMARTS) is 1. The van der Waals surface area contributed by atoms with Gasteiger partial charge in [0.05, 0.1) is 28.8 Å². The molecule has 1 aliphatic carbocycles. The topological polar surface area (TPSA) is 64.3 Å². The third-order valence-corrected chi connectivity index (χ3v) is 3.26. The third-order valence-electron chi connectivity index (χ3n) is 2.96. The fourth-order valence-corrected chi connectivity index (χ4v) is 2.22. The molecule has 4 nitrogen and oxygen atoms in total. The molecule has 0 unspecified atom stereocenters. The van der Waals surface area contributed by atoms with Gasteiger partial charge in [-0.1, -0.05) is 11.6 Å². The first-order valence-electron chi connectivity index (χ1n) is 5.80. The Labute approximate surface area is 110 Å². The lowest BCUT2D eigenvalue weighted by Gasteiger charge is -2.24. The molecule has 0 spiro atoms. The van der Waals surface area contributed by atoms with E-state index in [0.29, 0.717) is 24.0 Å². The van der Waals surface area contributed by atoms with Gasteiger partial charge in [-0.25, -0.2) is 4.79 Å². The number of benzene rings is 1. The normalized spacial score (nSPS) is 14.0. The second-order valence-electron chi connectivity index (χ2n) is 4.30. The quantitative estimate of drug-likeness (QED) is 0.888. The number of hydrogen-bond donors (Lipinski definition) is 1. The highest BCUT2D eigenvalue weighted by molar-refractivity contribution is 6.33. The summed E-state index contributed by atoms with van der Waals surface area (Å²) in [5, 5.41) is 18.0. The Morgan fingerprint density at radius 3 is 2.78 bits per heavy atom. The van der Waals surface area contributed by atoms with Gasteiger partial charge in [-0.3, -0.25) is 0 Å². The van der Waals surface area contributed by atoms with E-state index in [-0.39, 0.29) is 5.56 Å².